The molecule has 0 aliphatic heterocycles. The zero-order valence-corrected chi connectivity index (χ0v) is 16.2. The molecule has 0 aliphatic carbocycles. The number of carbonyl (C=O) groups is 2. The van der Waals surface area contributed by atoms with Crippen molar-refractivity contribution in [3.8, 4) is 5.75 Å². The predicted octanol–water partition coefficient (Wildman–Crippen LogP) is 3.10. The molecule has 0 radical (unpaired) electrons. The molecule has 0 aliphatic rings. The molecule has 0 bridgehead atoms. The summed E-state index contributed by atoms with van der Waals surface area (Å²) in [5.41, 5.74) is 1.38. The first-order valence-corrected chi connectivity index (χ1v) is 9.05. The summed E-state index contributed by atoms with van der Waals surface area (Å²) in [5.74, 6) is -0.264. The van der Waals surface area contributed by atoms with E-state index in [2.05, 4.69) is 10.6 Å². The molecule has 2 atom stereocenters. The van der Waals surface area contributed by atoms with Crippen LogP contribution in [0.4, 0.5) is 4.39 Å². The third-order valence-corrected chi connectivity index (χ3v) is 4.17. The first-order valence-electron chi connectivity index (χ1n) is 9.05. The Morgan fingerprint density at radius 3 is 2.39 bits per heavy atom. The van der Waals surface area contributed by atoms with Crippen LogP contribution in [0.25, 0.3) is 6.08 Å². The molecule has 148 valence electrons. The van der Waals surface area contributed by atoms with E-state index in [4.69, 9.17) is 4.74 Å². The van der Waals surface area contributed by atoms with Crippen LogP contribution in [0.15, 0.2) is 54.6 Å². The Bertz CT molecular complexity index is 834. The van der Waals surface area contributed by atoms with Gasteiger partial charge in [0.15, 0.2) is 0 Å². The molecular weight excluding hydrogens is 359 g/mol. The molecule has 2 amide bonds. The van der Waals surface area contributed by atoms with Crippen molar-refractivity contribution in [3.63, 3.8) is 0 Å². The molecular formula is C22H25FN2O3. The first kappa shape index (κ1) is 21.2. The smallest absolute Gasteiger partial charge is 0.244 e. The van der Waals surface area contributed by atoms with Gasteiger partial charge in [-0.3, -0.25) is 9.59 Å². The second-order valence-corrected chi connectivity index (χ2v) is 6.54. The lowest BCUT2D eigenvalue weighted by molar-refractivity contribution is -0.127. The molecule has 28 heavy (non-hydrogen) atoms. The molecule has 2 N–H and O–H groups in total. The van der Waals surface area contributed by atoms with Gasteiger partial charge in [0.05, 0.1) is 7.11 Å². The number of carbonyl (C=O) groups excluding carboxylic acids is 2. The molecule has 2 rings (SSSR count). The van der Waals surface area contributed by atoms with Crippen LogP contribution in [0.1, 0.15) is 25.0 Å². The molecule has 0 heterocycles. The van der Waals surface area contributed by atoms with Gasteiger partial charge in [0.2, 0.25) is 11.8 Å². The number of halogens is 1. The van der Waals surface area contributed by atoms with Crippen molar-refractivity contribution in [2.24, 2.45) is 0 Å². The predicted molar refractivity (Wildman–Crippen MR) is 107 cm³/mol. The molecule has 0 saturated carbocycles. The number of ether oxygens (including phenoxy) is 1. The van der Waals surface area contributed by atoms with E-state index >= 15 is 0 Å². The van der Waals surface area contributed by atoms with Gasteiger partial charge in [-0.25, -0.2) is 4.39 Å². The van der Waals surface area contributed by atoms with Crippen molar-refractivity contribution in [2.45, 2.75) is 32.4 Å². The summed E-state index contributed by atoms with van der Waals surface area (Å²) < 4.78 is 18.8. The van der Waals surface area contributed by atoms with Crippen molar-refractivity contribution < 1.29 is 18.7 Å². The summed E-state index contributed by atoms with van der Waals surface area (Å²) in [6, 6.07) is 12.7. The molecule has 0 aromatic heterocycles. The van der Waals surface area contributed by atoms with E-state index in [9.17, 15) is 14.0 Å². The number of amides is 2. The Labute approximate surface area is 164 Å². The molecule has 6 heteroatoms. The van der Waals surface area contributed by atoms with Crippen LogP contribution in [0.2, 0.25) is 0 Å². The van der Waals surface area contributed by atoms with Gasteiger partial charge in [-0.1, -0.05) is 30.3 Å². The molecule has 2 aromatic carbocycles. The van der Waals surface area contributed by atoms with E-state index in [1.54, 1.807) is 57.4 Å². The quantitative estimate of drug-likeness (QED) is 0.688. The zero-order chi connectivity index (χ0) is 20.5. The highest BCUT2D eigenvalue weighted by atomic mass is 19.1. The standard InChI is InChI=1S/C22H25FN2O3/c1-15(14-18-6-4-5-7-20(18)23)24-22(27)16(2)25-21(26)13-10-17-8-11-19(28-3)12-9-17/h4-13,15-16H,14H2,1-3H3,(H,24,27)(H,25,26)/b13-10+. The fraction of sp³-hybridized carbons (Fsp3) is 0.273. The third-order valence-electron chi connectivity index (χ3n) is 4.17. The number of methoxy groups -OCH3 is 1. The SMILES string of the molecule is COc1ccc(/C=C/C(=O)NC(C)C(=O)NC(C)Cc2ccccc2F)cc1. The fourth-order valence-corrected chi connectivity index (χ4v) is 2.63. The summed E-state index contributed by atoms with van der Waals surface area (Å²) >= 11 is 0. The topological polar surface area (TPSA) is 67.4 Å². The molecule has 0 saturated heterocycles. The Hall–Kier alpha value is -3.15. The first-order chi connectivity index (χ1) is 13.4. The van der Waals surface area contributed by atoms with E-state index in [0.717, 1.165) is 11.3 Å². The zero-order valence-electron chi connectivity index (χ0n) is 16.2. The maximum absolute atomic E-state index is 13.7. The second-order valence-electron chi connectivity index (χ2n) is 6.54. The second kappa shape index (κ2) is 10.3. The Morgan fingerprint density at radius 1 is 1.07 bits per heavy atom. The lowest BCUT2D eigenvalue weighted by Gasteiger charge is -2.18. The number of rotatable bonds is 8. The van der Waals surface area contributed by atoms with Gasteiger partial charge in [0, 0.05) is 12.1 Å². The molecule has 0 spiro atoms. The van der Waals surface area contributed by atoms with E-state index < -0.39 is 6.04 Å². The van der Waals surface area contributed by atoms with Gasteiger partial charge in [0.25, 0.3) is 0 Å². The third kappa shape index (κ3) is 6.54. The number of hydrogen-bond donors (Lipinski definition) is 2. The summed E-state index contributed by atoms with van der Waals surface area (Å²) in [6.07, 6.45) is 3.39. The van der Waals surface area contributed by atoms with E-state index in [-0.39, 0.29) is 23.7 Å². The van der Waals surface area contributed by atoms with E-state index in [1.807, 2.05) is 12.1 Å². The van der Waals surface area contributed by atoms with Crippen LogP contribution in [0.5, 0.6) is 5.75 Å². The van der Waals surface area contributed by atoms with Crippen LogP contribution in [-0.2, 0) is 16.0 Å². The van der Waals surface area contributed by atoms with E-state index in [0.29, 0.717) is 12.0 Å². The Balaban J connectivity index is 1.82. The highest BCUT2D eigenvalue weighted by Crippen LogP contribution is 2.12. The lowest BCUT2D eigenvalue weighted by Crippen LogP contribution is -2.47. The molecule has 5 nitrogen and oxygen atoms in total. The number of nitrogens with one attached hydrogen (secondary N) is 2. The summed E-state index contributed by atoms with van der Waals surface area (Å²) in [4.78, 5) is 24.3. The normalized spacial score (nSPS) is 13.0. The minimum absolute atomic E-state index is 0.265. The number of benzene rings is 2. The largest absolute Gasteiger partial charge is 0.497 e. The van der Waals surface area contributed by atoms with Crippen molar-refractivity contribution in [1.82, 2.24) is 10.6 Å². The van der Waals surface area contributed by atoms with Crippen molar-refractivity contribution in [1.29, 1.82) is 0 Å². The van der Waals surface area contributed by atoms with Crippen LogP contribution < -0.4 is 15.4 Å². The monoisotopic (exact) mass is 384 g/mol. The van der Waals surface area contributed by atoms with Gasteiger partial charge >= 0.3 is 0 Å². The molecule has 0 fully saturated rings. The van der Waals surface area contributed by atoms with Gasteiger partial charge in [0.1, 0.15) is 17.6 Å². The highest BCUT2D eigenvalue weighted by Gasteiger charge is 2.17. The highest BCUT2D eigenvalue weighted by molar-refractivity contribution is 5.95. The summed E-state index contributed by atoms with van der Waals surface area (Å²) in [5, 5.41) is 5.41. The number of hydrogen-bond acceptors (Lipinski definition) is 3. The maximum Gasteiger partial charge on any atom is 0.244 e. The molecule has 2 aromatic rings. The van der Waals surface area contributed by atoms with Crippen LogP contribution in [0, 0.1) is 5.82 Å². The van der Waals surface area contributed by atoms with Crippen molar-refractivity contribution in [2.75, 3.05) is 7.11 Å². The van der Waals surface area contributed by atoms with E-state index in [1.165, 1.54) is 12.1 Å². The fourth-order valence-electron chi connectivity index (χ4n) is 2.63. The summed E-state index contributed by atoms with van der Waals surface area (Å²) in [6.45, 7) is 3.40. The average Bonchev–Trinajstić information content (AvgIpc) is 2.68. The van der Waals surface area contributed by atoms with Crippen LogP contribution >= 0.6 is 0 Å². The Morgan fingerprint density at radius 2 is 1.75 bits per heavy atom. The molecule has 2 unspecified atom stereocenters. The van der Waals surface area contributed by atoms with Crippen molar-refractivity contribution in [3.05, 3.63) is 71.6 Å². The van der Waals surface area contributed by atoms with Gasteiger partial charge in [-0.2, -0.15) is 0 Å². The van der Waals surface area contributed by atoms with Gasteiger partial charge in [-0.05, 0) is 55.7 Å². The lowest BCUT2D eigenvalue weighted by atomic mass is 10.1. The summed E-state index contributed by atoms with van der Waals surface area (Å²) in [7, 11) is 1.59. The maximum atomic E-state index is 13.7. The van der Waals surface area contributed by atoms with Crippen molar-refractivity contribution >= 4 is 17.9 Å². The average molecular weight is 384 g/mol. The van der Waals surface area contributed by atoms with Gasteiger partial charge in [-0.15, -0.1) is 0 Å². The Kier molecular flexibility index (Phi) is 7.75. The minimum atomic E-state index is -0.712. The minimum Gasteiger partial charge on any atom is -0.497 e. The van der Waals surface area contributed by atoms with Crippen LogP contribution in [-0.4, -0.2) is 31.0 Å². The van der Waals surface area contributed by atoms with Gasteiger partial charge < -0.3 is 15.4 Å². The van der Waals surface area contributed by atoms with Crippen LogP contribution in [0.3, 0.4) is 0 Å².